The zero-order valence-corrected chi connectivity index (χ0v) is 13.3. The largest absolute Gasteiger partial charge is 0.481 e. The molecule has 1 aliphatic carbocycles. The molecule has 8 heteroatoms. The minimum atomic E-state index is -3.38. The Kier molecular flexibility index (Phi) is 6.60. The smallest absolute Gasteiger partial charge is 0.307 e. The number of carboxylic acid groups (broad SMARTS) is 1. The molecule has 7 nitrogen and oxygen atoms in total. The van der Waals surface area contributed by atoms with Gasteiger partial charge in [-0.05, 0) is 18.8 Å². The van der Waals surface area contributed by atoms with E-state index < -0.39 is 27.8 Å². The van der Waals surface area contributed by atoms with Gasteiger partial charge in [0.1, 0.15) is 0 Å². The van der Waals surface area contributed by atoms with Gasteiger partial charge in [-0.15, -0.1) is 0 Å². The molecule has 0 aromatic rings. The Morgan fingerprint density at radius 1 is 1.19 bits per heavy atom. The molecule has 0 bridgehead atoms. The van der Waals surface area contributed by atoms with Gasteiger partial charge in [-0.1, -0.05) is 20.3 Å². The molecule has 0 spiro atoms. The number of carbonyl (C=O) groups excluding carboxylic acids is 1. The molecule has 21 heavy (non-hydrogen) atoms. The lowest BCUT2D eigenvalue weighted by Gasteiger charge is -2.15. The molecule has 1 aliphatic rings. The number of rotatable bonds is 8. The van der Waals surface area contributed by atoms with Crippen LogP contribution in [-0.2, 0) is 19.6 Å². The summed E-state index contributed by atoms with van der Waals surface area (Å²) >= 11 is 0. The Labute approximate surface area is 125 Å². The summed E-state index contributed by atoms with van der Waals surface area (Å²) in [5, 5.41) is 11.7. The lowest BCUT2D eigenvalue weighted by atomic mass is 9.95. The maximum Gasteiger partial charge on any atom is 0.307 e. The zero-order chi connectivity index (χ0) is 16.0. The van der Waals surface area contributed by atoms with Gasteiger partial charge in [0, 0.05) is 13.1 Å². The van der Waals surface area contributed by atoms with Gasteiger partial charge in [-0.2, -0.15) is 0 Å². The minimum Gasteiger partial charge on any atom is -0.481 e. The number of hydrogen-bond acceptors (Lipinski definition) is 4. The van der Waals surface area contributed by atoms with Crippen LogP contribution in [0.2, 0.25) is 0 Å². The summed E-state index contributed by atoms with van der Waals surface area (Å²) in [6.07, 6.45) is 1.92. The summed E-state index contributed by atoms with van der Waals surface area (Å²) in [6.45, 7) is 3.95. The van der Waals surface area contributed by atoms with Crippen LogP contribution in [0.15, 0.2) is 0 Å². The quantitative estimate of drug-likeness (QED) is 0.590. The molecular formula is C13H24N2O5S. The van der Waals surface area contributed by atoms with E-state index in [2.05, 4.69) is 10.0 Å². The number of amides is 1. The van der Waals surface area contributed by atoms with Crippen LogP contribution in [0.4, 0.5) is 0 Å². The van der Waals surface area contributed by atoms with Crippen LogP contribution in [0.5, 0.6) is 0 Å². The minimum absolute atomic E-state index is 0.00615. The van der Waals surface area contributed by atoms with Crippen LogP contribution < -0.4 is 10.0 Å². The van der Waals surface area contributed by atoms with E-state index in [-0.39, 0.29) is 24.1 Å². The van der Waals surface area contributed by atoms with E-state index in [0.29, 0.717) is 19.4 Å². The molecule has 1 saturated carbocycles. The third-order valence-electron chi connectivity index (χ3n) is 3.93. The van der Waals surface area contributed by atoms with E-state index in [9.17, 15) is 23.1 Å². The van der Waals surface area contributed by atoms with E-state index in [0.717, 1.165) is 6.42 Å². The first kappa shape index (κ1) is 17.9. The fourth-order valence-electron chi connectivity index (χ4n) is 2.77. The van der Waals surface area contributed by atoms with Crippen molar-refractivity contribution in [1.29, 1.82) is 0 Å². The maximum absolute atomic E-state index is 12.1. The molecule has 0 aromatic carbocycles. The number of aliphatic carboxylic acids is 1. The van der Waals surface area contributed by atoms with Crippen molar-refractivity contribution in [2.24, 2.45) is 17.8 Å². The number of carboxylic acids is 1. The molecule has 3 N–H and O–H groups in total. The molecule has 1 fully saturated rings. The first-order valence-electron chi connectivity index (χ1n) is 7.28. The van der Waals surface area contributed by atoms with Gasteiger partial charge >= 0.3 is 5.97 Å². The monoisotopic (exact) mass is 320 g/mol. The van der Waals surface area contributed by atoms with E-state index in [1.165, 1.54) is 0 Å². The first-order chi connectivity index (χ1) is 9.80. The van der Waals surface area contributed by atoms with Crippen LogP contribution in [0.3, 0.4) is 0 Å². The van der Waals surface area contributed by atoms with Crippen molar-refractivity contribution in [3.63, 3.8) is 0 Å². The fraction of sp³-hybridized carbons (Fsp3) is 0.846. The van der Waals surface area contributed by atoms with Crippen molar-refractivity contribution in [3.05, 3.63) is 0 Å². The lowest BCUT2D eigenvalue weighted by molar-refractivity contribution is -0.146. The molecule has 0 saturated heterocycles. The van der Waals surface area contributed by atoms with Crippen molar-refractivity contribution >= 4 is 21.9 Å². The zero-order valence-electron chi connectivity index (χ0n) is 12.5. The van der Waals surface area contributed by atoms with Crippen molar-refractivity contribution in [1.82, 2.24) is 10.0 Å². The summed E-state index contributed by atoms with van der Waals surface area (Å²) in [5.41, 5.74) is 0. The van der Waals surface area contributed by atoms with Crippen LogP contribution in [0, 0.1) is 17.8 Å². The van der Waals surface area contributed by atoms with Gasteiger partial charge in [0.2, 0.25) is 15.9 Å². The van der Waals surface area contributed by atoms with Crippen LogP contribution in [0.25, 0.3) is 0 Å². The highest BCUT2D eigenvalue weighted by Crippen LogP contribution is 2.38. The van der Waals surface area contributed by atoms with E-state index in [1.807, 2.05) is 6.92 Å². The summed E-state index contributed by atoms with van der Waals surface area (Å²) in [4.78, 5) is 23.3. The third kappa shape index (κ3) is 5.28. The fourth-order valence-corrected chi connectivity index (χ4v) is 3.73. The highest BCUT2D eigenvalue weighted by atomic mass is 32.2. The predicted molar refractivity (Wildman–Crippen MR) is 78.1 cm³/mol. The van der Waals surface area contributed by atoms with Crippen LogP contribution >= 0.6 is 0 Å². The Bertz CT molecular complexity index is 477. The number of carbonyl (C=O) groups is 2. The number of hydrogen-bond donors (Lipinski definition) is 3. The first-order valence-corrected chi connectivity index (χ1v) is 8.93. The lowest BCUT2D eigenvalue weighted by Crippen LogP contribution is -2.39. The topological polar surface area (TPSA) is 113 Å². The second-order valence-electron chi connectivity index (χ2n) is 5.40. The molecule has 0 aromatic heterocycles. The molecule has 3 unspecified atom stereocenters. The predicted octanol–water partition coefficient (Wildman–Crippen LogP) is 0.179. The van der Waals surface area contributed by atoms with Crippen LogP contribution in [0.1, 0.15) is 33.1 Å². The summed E-state index contributed by atoms with van der Waals surface area (Å²) < 4.78 is 25.2. The average Bonchev–Trinajstić information content (AvgIpc) is 2.82. The molecule has 0 radical (unpaired) electrons. The van der Waals surface area contributed by atoms with Crippen molar-refractivity contribution in [3.8, 4) is 0 Å². The highest BCUT2D eigenvalue weighted by molar-refractivity contribution is 7.89. The maximum atomic E-state index is 12.1. The van der Waals surface area contributed by atoms with Gasteiger partial charge in [0.05, 0.1) is 17.6 Å². The molecule has 0 aliphatic heterocycles. The molecule has 122 valence electrons. The van der Waals surface area contributed by atoms with Crippen LogP contribution in [-0.4, -0.2) is 44.2 Å². The summed E-state index contributed by atoms with van der Waals surface area (Å²) in [7, 11) is -3.38. The number of sulfonamides is 1. The highest BCUT2D eigenvalue weighted by Gasteiger charge is 2.41. The molecule has 3 atom stereocenters. The Balaban J connectivity index is 2.52. The SMILES string of the molecule is CCNS(=O)(=O)CCNC(=O)C1CC(CC)CC1C(=O)O. The Hall–Kier alpha value is -1.15. The standard InChI is InChI=1S/C13H24N2O5S/c1-3-9-7-10(11(8-9)13(17)18)12(16)14-5-6-21(19,20)15-4-2/h9-11,15H,3-8H2,1-2H3,(H,14,16)(H,17,18). The average molecular weight is 320 g/mol. The van der Waals surface area contributed by atoms with E-state index in [1.54, 1.807) is 6.92 Å². The van der Waals surface area contributed by atoms with Gasteiger partial charge in [-0.25, -0.2) is 13.1 Å². The van der Waals surface area contributed by atoms with Crippen molar-refractivity contribution < 1.29 is 23.1 Å². The molecule has 1 rings (SSSR count). The number of nitrogens with one attached hydrogen (secondary N) is 2. The van der Waals surface area contributed by atoms with Crippen molar-refractivity contribution in [2.45, 2.75) is 33.1 Å². The van der Waals surface area contributed by atoms with Gasteiger partial charge in [0.25, 0.3) is 0 Å². The van der Waals surface area contributed by atoms with Crippen molar-refractivity contribution in [2.75, 3.05) is 18.8 Å². The summed E-state index contributed by atoms with van der Waals surface area (Å²) in [6, 6.07) is 0. The van der Waals surface area contributed by atoms with Gasteiger partial charge < -0.3 is 10.4 Å². The molecular weight excluding hydrogens is 296 g/mol. The molecule has 0 heterocycles. The normalized spacial score (nSPS) is 25.7. The van der Waals surface area contributed by atoms with E-state index >= 15 is 0 Å². The Morgan fingerprint density at radius 2 is 1.81 bits per heavy atom. The van der Waals surface area contributed by atoms with E-state index in [4.69, 9.17) is 0 Å². The second-order valence-corrected chi connectivity index (χ2v) is 7.33. The Morgan fingerprint density at radius 3 is 2.33 bits per heavy atom. The van der Waals surface area contributed by atoms with Gasteiger partial charge in [-0.3, -0.25) is 9.59 Å². The molecule has 1 amide bonds. The summed E-state index contributed by atoms with van der Waals surface area (Å²) in [5.74, 6) is -2.49. The second kappa shape index (κ2) is 7.74. The third-order valence-corrected chi connectivity index (χ3v) is 5.40. The van der Waals surface area contributed by atoms with Gasteiger partial charge in [0.15, 0.2) is 0 Å².